The first kappa shape index (κ1) is 12.1. The van der Waals surface area contributed by atoms with E-state index in [0.29, 0.717) is 0 Å². The first-order valence-electron chi connectivity index (χ1n) is 5.77. The van der Waals surface area contributed by atoms with Gasteiger partial charge in [-0.1, -0.05) is 0 Å². The summed E-state index contributed by atoms with van der Waals surface area (Å²) < 4.78 is 7.01. The molecule has 0 aliphatic carbocycles. The van der Waals surface area contributed by atoms with E-state index in [1.165, 1.54) is 10.9 Å². The Morgan fingerprint density at radius 3 is 3.11 bits per heavy atom. The largest absolute Gasteiger partial charge is 0.394 e. The second-order valence-electron chi connectivity index (χ2n) is 4.39. The molecule has 2 aromatic heterocycles. The molecule has 0 spiro atoms. The third-order valence-electron chi connectivity index (χ3n) is 3.15. The van der Waals surface area contributed by atoms with Crippen molar-refractivity contribution in [2.75, 3.05) is 12.3 Å². The third kappa shape index (κ3) is 1.87. The Hall–Kier alpha value is -1.97. The summed E-state index contributed by atoms with van der Waals surface area (Å²) >= 11 is 0. The fourth-order valence-corrected chi connectivity index (χ4v) is 2.20. The number of nitrogens with two attached hydrogens (primary N) is 1. The molecule has 0 unspecified atom stereocenters. The zero-order valence-corrected chi connectivity index (χ0v) is 9.85. The number of nitrogen functional groups attached to an aromatic ring is 1. The summed E-state index contributed by atoms with van der Waals surface area (Å²) in [4.78, 5) is 22.0. The molecule has 2 aromatic rings. The first-order valence-corrected chi connectivity index (χ1v) is 5.77. The van der Waals surface area contributed by atoms with Gasteiger partial charge in [-0.05, 0) is 0 Å². The van der Waals surface area contributed by atoms with Crippen molar-refractivity contribution in [1.29, 1.82) is 0 Å². The van der Waals surface area contributed by atoms with E-state index in [9.17, 15) is 9.90 Å². The molecule has 5 N–H and O–H groups in total. The summed E-state index contributed by atoms with van der Waals surface area (Å²) in [7, 11) is 0. The molecule has 9 heteroatoms. The van der Waals surface area contributed by atoms with Gasteiger partial charge in [0.15, 0.2) is 11.2 Å². The highest BCUT2D eigenvalue weighted by atomic mass is 16.5. The van der Waals surface area contributed by atoms with Crippen LogP contribution in [0.15, 0.2) is 11.1 Å². The van der Waals surface area contributed by atoms with Crippen molar-refractivity contribution < 1.29 is 14.9 Å². The fourth-order valence-electron chi connectivity index (χ4n) is 2.20. The maximum Gasteiger partial charge on any atom is 0.280 e. The number of anilines is 1. The van der Waals surface area contributed by atoms with E-state index in [2.05, 4.69) is 15.0 Å². The van der Waals surface area contributed by atoms with Crippen LogP contribution < -0.4 is 11.3 Å². The average Bonchev–Trinajstić information content (AvgIpc) is 2.92. The van der Waals surface area contributed by atoms with Crippen molar-refractivity contribution >= 4 is 17.1 Å². The molecule has 1 aliphatic heterocycles. The average molecular weight is 267 g/mol. The Kier molecular flexibility index (Phi) is 2.73. The van der Waals surface area contributed by atoms with Gasteiger partial charge in [0.05, 0.1) is 19.0 Å². The fraction of sp³-hybridized carbons (Fsp3) is 0.500. The van der Waals surface area contributed by atoms with Gasteiger partial charge in [-0.25, -0.2) is 4.98 Å². The monoisotopic (exact) mass is 267 g/mol. The molecule has 9 nitrogen and oxygen atoms in total. The number of hydrogen-bond donors (Lipinski definition) is 4. The molecule has 1 saturated heterocycles. The number of ether oxygens (including phenoxy) is 1. The van der Waals surface area contributed by atoms with Crippen LogP contribution >= 0.6 is 0 Å². The standard InChI is InChI=1S/C10H13N5O4/c11-10-13-8-7(9(18)14-10)12-3-15(8)6-1-4(17)5(2-16)19-6/h3-6,16-17H,1-2H2,(H3,11,13,14,18)/t4-,5-,6-/m1/s1. The molecule has 0 radical (unpaired) electrons. The Labute approximate surface area is 106 Å². The van der Waals surface area contributed by atoms with E-state index in [4.69, 9.17) is 15.6 Å². The molecule has 102 valence electrons. The van der Waals surface area contributed by atoms with Crippen LogP contribution in [-0.4, -0.2) is 48.5 Å². The van der Waals surface area contributed by atoms with E-state index in [1.54, 1.807) is 0 Å². The Balaban J connectivity index is 2.05. The topological polar surface area (TPSA) is 139 Å². The maximum atomic E-state index is 11.6. The lowest BCUT2D eigenvalue weighted by Crippen LogP contribution is -2.24. The zero-order chi connectivity index (χ0) is 13.6. The molecule has 3 heterocycles. The van der Waals surface area contributed by atoms with Gasteiger partial charge in [-0.3, -0.25) is 14.3 Å². The van der Waals surface area contributed by atoms with Gasteiger partial charge in [0.2, 0.25) is 5.95 Å². The molecule has 0 amide bonds. The SMILES string of the molecule is Nc1nc2c(ncn2[C@H]2C[C@@H](O)[C@@H](CO)O2)c(=O)[nH]1. The number of aromatic nitrogens is 4. The highest BCUT2D eigenvalue weighted by molar-refractivity contribution is 5.70. The molecular formula is C10H13N5O4. The van der Waals surface area contributed by atoms with Gasteiger partial charge in [-0.2, -0.15) is 4.98 Å². The predicted molar refractivity (Wildman–Crippen MR) is 64.2 cm³/mol. The Morgan fingerprint density at radius 1 is 1.63 bits per heavy atom. The minimum absolute atomic E-state index is 0.0171. The molecule has 0 aromatic carbocycles. The van der Waals surface area contributed by atoms with Crippen LogP contribution in [0.1, 0.15) is 12.6 Å². The smallest absolute Gasteiger partial charge is 0.280 e. The number of nitrogens with one attached hydrogen (secondary N) is 1. The summed E-state index contributed by atoms with van der Waals surface area (Å²) in [6.45, 7) is -0.277. The van der Waals surface area contributed by atoms with Gasteiger partial charge in [-0.15, -0.1) is 0 Å². The molecular weight excluding hydrogens is 254 g/mol. The van der Waals surface area contributed by atoms with E-state index in [1.807, 2.05) is 0 Å². The number of aliphatic hydroxyl groups excluding tert-OH is 2. The number of aromatic amines is 1. The number of H-pyrrole nitrogens is 1. The van der Waals surface area contributed by atoms with E-state index in [-0.39, 0.29) is 30.1 Å². The van der Waals surface area contributed by atoms with E-state index in [0.717, 1.165) is 0 Å². The normalized spacial score (nSPS) is 27.2. The van der Waals surface area contributed by atoms with Crippen LogP contribution in [0.2, 0.25) is 0 Å². The molecule has 19 heavy (non-hydrogen) atoms. The van der Waals surface area contributed by atoms with Crippen LogP contribution in [0, 0.1) is 0 Å². The van der Waals surface area contributed by atoms with Gasteiger partial charge in [0, 0.05) is 6.42 Å². The van der Waals surface area contributed by atoms with Gasteiger partial charge < -0.3 is 20.7 Å². The zero-order valence-electron chi connectivity index (χ0n) is 9.85. The number of rotatable bonds is 2. The predicted octanol–water partition coefficient (Wildman–Crippen LogP) is -1.66. The second-order valence-corrected chi connectivity index (χ2v) is 4.39. The summed E-state index contributed by atoms with van der Waals surface area (Å²) in [6.07, 6.45) is -0.270. The van der Waals surface area contributed by atoms with E-state index < -0.39 is 24.0 Å². The minimum atomic E-state index is -0.771. The van der Waals surface area contributed by atoms with Crippen molar-refractivity contribution in [3.05, 3.63) is 16.7 Å². The molecule has 1 fully saturated rings. The lowest BCUT2D eigenvalue weighted by Gasteiger charge is -2.13. The van der Waals surface area contributed by atoms with Crippen LogP contribution in [0.5, 0.6) is 0 Å². The highest BCUT2D eigenvalue weighted by Crippen LogP contribution is 2.30. The Morgan fingerprint density at radius 2 is 2.42 bits per heavy atom. The lowest BCUT2D eigenvalue weighted by atomic mass is 10.2. The van der Waals surface area contributed by atoms with Crippen LogP contribution in [0.4, 0.5) is 5.95 Å². The highest BCUT2D eigenvalue weighted by Gasteiger charge is 2.35. The summed E-state index contributed by atoms with van der Waals surface area (Å²) in [5.74, 6) is -0.0171. The van der Waals surface area contributed by atoms with Crippen LogP contribution in [0.25, 0.3) is 11.2 Å². The maximum absolute atomic E-state index is 11.6. The number of aliphatic hydroxyl groups is 2. The summed E-state index contributed by atoms with van der Waals surface area (Å²) in [5.41, 5.74) is 5.50. The minimum Gasteiger partial charge on any atom is -0.394 e. The Bertz CT molecular complexity index is 665. The quantitative estimate of drug-likeness (QED) is 0.510. The second kappa shape index (κ2) is 4.30. The van der Waals surface area contributed by atoms with Crippen molar-refractivity contribution in [3.63, 3.8) is 0 Å². The summed E-state index contributed by atoms with van der Waals surface area (Å²) in [5, 5.41) is 18.8. The van der Waals surface area contributed by atoms with Gasteiger partial charge in [0.25, 0.3) is 5.56 Å². The molecule has 0 bridgehead atoms. The van der Waals surface area contributed by atoms with Crippen molar-refractivity contribution in [3.8, 4) is 0 Å². The van der Waals surface area contributed by atoms with Crippen LogP contribution in [-0.2, 0) is 4.74 Å². The van der Waals surface area contributed by atoms with Crippen molar-refractivity contribution in [2.45, 2.75) is 24.9 Å². The van der Waals surface area contributed by atoms with Crippen LogP contribution in [0.3, 0.4) is 0 Å². The number of nitrogens with zero attached hydrogens (tertiary/aromatic N) is 3. The summed E-state index contributed by atoms with van der Waals surface area (Å²) in [6, 6.07) is 0. The van der Waals surface area contributed by atoms with Crippen molar-refractivity contribution in [2.24, 2.45) is 0 Å². The van der Waals surface area contributed by atoms with Gasteiger partial charge in [0.1, 0.15) is 12.3 Å². The lowest BCUT2D eigenvalue weighted by molar-refractivity contribution is -0.0432. The van der Waals surface area contributed by atoms with Crippen molar-refractivity contribution in [1.82, 2.24) is 19.5 Å². The molecule has 3 rings (SSSR count). The van der Waals surface area contributed by atoms with E-state index >= 15 is 0 Å². The number of imidazole rings is 1. The van der Waals surface area contributed by atoms with Gasteiger partial charge >= 0.3 is 0 Å². The molecule has 0 saturated carbocycles. The third-order valence-corrected chi connectivity index (χ3v) is 3.15. The number of hydrogen-bond acceptors (Lipinski definition) is 7. The number of fused-ring (bicyclic) bond motifs is 1. The molecule has 1 aliphatic rings. The molecule has 3 atom stereocenters. The first-order chi connectivity index (χ1) is 9.10.